The fraction of sp³-hybridized carbons (Fsp3) is 0.429. The molecule has 0 heterocycles. The van der Waals surface area contributed by atoms with Gasteiger partial charge in [0, 0.05) is 18.4 Å². The molecule has 5 nitrogen and oxygen atoms in total. The fourth-order valence-electron chi connectivity index (χ4n) is 1.60. The van der Waals surface area contributed by atoms with Gasteiger partial charge in [-0.25, -0.2) is 4.79 Å². The lowest BCUT2D eigenvalue weighted by Gasteiger charge is -2.16. The SMILES string of the molecule is CCC(COC)NC(=O)Nc1ccc(C(C)=O)cc1. The molecule has 2 N–H and O–H groups in total. The van der Waals surface area contributed by atoms with Crippen LogP contribution in [0.1, 0.15) is 30.6 Å². The molecule has 2 amide bonds. The molecule has 0 saturated heterocycles. The van der Waals surface area contributed by atoms with E-state index in [0.29, 0.717) is 17.9 Å². The molecule has 0 aromatic heterocycles. The van der Waals surface area contributed by atoms with Gasteiger partial charge in [-0.15, -0.1) is 0 Å². The number of benzene rings is 1. The van der Waals surface area contributed by atoms with Gasteiger partial charge in [-0.2, -0.15) is 0 Å². The lowest BCUT2D eigenvalue weighted by molar-refractivity contribution is 0.101. The molecule has 0 saturated carbocycles. The van der Waals surface area contributed by atoms with Gasteiger partial charge in [0.2, 0.25) is 0 Å². The number of ether oxygens (including phenoxy) is 1. The van der Waals surface area contributed by atoms with Crippen molar-refractivity contribution in [2.24, 2.45) is 0 Å². The maximum atomic E-state index is 11.7. The summed E-state index contributed by atoms with van der Waals surface area (Å²) in [7, 11) is 1.60. The minimum atomic E-state index is -0.278. The van der Waals surface area contributed by atoms with E-state index in [1.54, 1.807) is 31.4 Å². The van der Waals surface area contributed by atoms with Crippen LogP contribution in [0.2, 0.25) is 0 Å². The number of methoxy groups -OCH3 is 1. The highest BCUT2D eigenvalue weighted by Gasteiger charge is 2.10. The molecule has 5 heteroatoms. The molecule has 104 valence electrons. The molecule has 0 aliphatic rings. The standard InChI is InChI=1S/C14H20N2O3/c1-4-12(9-19-3)15-14(18)16-13-7-5-11(6-8-13)10(2)17/h5-8,12H,4,9H2,1-3H3,(H2,15,16,18). The number of urea groups is 1. The Morgan fingerprint density at radius 3 is 2.37 bits per heavy atom. The Hall–Kier alpha value is -1.88. The lowest BCUT2D eigenvalue weighted by Crippen LogP contribution is -2.40. The molecule has 1 aromatic rings. The third-order valence-corrected chi connectivity index (χ3v) is 2.75. The van der Waals surface area contributed by atoms with Crippen LogP contribution in [0.15, 0.2) is 24.3 Å². The minimum Gasteiger partial charge on any atom is -0.383 e. The van der Waals surface area contributed by atoms with Gasteiger partial charge in [0.25, 0.3) is 0 Å². The van der Waals surface area contributed by atoms with Crippen LogP contribution < -0.4 is 10.6 Å². The van der Waals surface area contributed by atoms with Gasteiger partial charge in [-0.3, -0.25) is 4.79 Å². The molecule has 1 aromatic carbocycles. The molecule has 0 bridgehead atoms. The van der Waals surface area contributed by atoms with E-state index < -0.39 is 0 Å². The Kier molecular flexibility index (Phi) is 6.02. The maximum absolute atomic E-state index is 11.7. The molecule has 19 heavy (non-hydrogen) atoms. The van der Waals surface area contributed by atoms with Crippen molar-refractivity contribution in [2.45, 2.75) is 26.3 Å². The zero-order chi connectivity index (χ0) is 14.3. The number of ketones is 1. The first kappa shape index (κ1) is 15.2. The summed E-state index contributed by atoms with van der Waals surface area (Å²) in [5.41, 5.74) is 1.27. The smallest absolute Gasteiger partial charge is 0.319 e. The largest absolute Gasteiger partial charge is 0.383 e. The van der Waals surface area contributed by atoms with E-state index in [2.05, 4.69) is 10.6 Å². The highest BCUT2D eigenvalue weighted by Crippen LogP contribution is 2.10. The van der Waals surface area contributed by atoms with E-state index in [4.69, 9.17) is 4.74 Å². The molecule has 0 spiro atoms. The Balaban J connectivity index is 2.54. The predicted octanol–water partition coefficient (Wildman–Crippen LogP) is 2.44. The first-order valence-corrected chi connectivity index (χ1v) is 6.24. The van der Waals surface area contributed by atoms with Gasteiger partial charge in [-0.1, -0.05) is 6.92 Å². The second kappa shape index (κ2) is 7.53. The van der Waals surface area contributed by atoms with Gasteiger partial charge in [0.1, 0.15) is 0 Å². The summed E-state index contributed by atoms with van der Waals surface area (Å²) in [6.45, 7) is 3.96. The molecule has 0 radical (unpaired) electrons. The van der Waals surface area contributed by atoms with E-state index in [-0.39, 0.29) is 17.9 Å². The van der Waals surface area contributed by atoms with Crippen LogP contribution in [0, 0.1) is 0 Å². The van der Waals surface area contributed by atoms with Gasteiger partial charge in [0.05, 0.1) is 12.6 Å². The van der Waals surface area contributed by atoms with Crippen molar-refractivity contribution in [3.8, 4) is 0 Å². The van der Waals surface area contributed by atoms with Crippen LogP contribution in [-0.2, 0) is 4.74 Å². The fourth-order valence-corrected chi connectivity index (χ4v) is 1.60. The highest BCUT2D eigenvalue weighted by molar-refractivity contribution is 5.95. The van der Waals surface area contributed by atoms with E-state index in [0.717, 1.165) is 6.42 Å². The second-order valence-corrected chi connectivity index (χ2v) is 4.29. The van der Waals surface area contributed by atoms with Gasteiger partial charge >= 0.3 is 6.03 Å². The number of carbonyl (C=O) groups is 2. The number of amides is 2. The van der Waals surface area contributed by atoms with Crippen molar-refractivity contribution in [1.29, 1.82) is 0 Å². The van der Waals surface area contributed by atoms with E-state index >= 15 is 0 Å². The second-order valence-electron chi connectivity index (χ2n) is 4.29. The van der Waals surface area contributed by atoms with E-state index in [9.17, 15) is 9.59 Å². The number of Topliss-reactive ketones (excluding diaryl/α,β-unsaturated/α-hetero) is 1. The molecule has 0 fully saturated rings. The van der Waals surface area contributed by atoms with Gasteiger partial charge in [-0.05, 0) is 37.6 Å². The van der Waals surface area contributed by atoms with Crippen LogP contribution in [0.25, 0.3) is 0 Å². The number of rotatable bonds is 6. The summed E-state index contributed by atoms with van der Waals surface area (Å²) in [4.78, 5) is 22.9. The number of hydrogen-bond acceptors (Lipinski definition) is 3. The molecule has 1 unspecified atom stereocenters. The molecule has 0 aliphatic carbocycles. The van der Waals surface area contributed by atoms with Crippen LogP contribution in [0.3, 0.4) is 0 Å². The topological polar surface area (TPSA) is 67.4 Å². The Labute approximate surface area is 113 Å². The summed E-state index contributed by atoms with van der Waals surface area (Å²) in [6.07, 6.45) is 0.796. The van der Waals surface area contributed by atoms with Crippen molar-refractivity contribution in [1.82, 2.24) is 5.32 Å². The molecular formula is C14H20N2O3. The number of nitrogens with one attached hydrogen (secondary N) is 2. The molecule has 1 atom stereocenters. The van der Waals surface area contributed by atoms with Crippen molar-refractivity contribution < 1.29 is 14.3 Å². The van der Waals surface area contributed by atoms with Crippen molar-refractivity contribution >= 4 is 17.5 Å². The zero-order valence-electron chi connectivity index (χ0n) is 11.5. The summed E-state index contributed by atoms with van der Waals surface area (Å²) >= 11 is 0. The van der Waals surface area contributed by atoms with Crippen LogP contribution in [-0.4, -0.2) is 31.6 Å². The lowest BCUT2D eigenvalue weighted by atomic mass is 10.1. The summed E-state index contributed by atoms with van der Waals surface area (Å²) < 4.78 is 5.01. The third kappa shape index (κ3) is 5.09. The normalized spacial score (nSPS) is 11.7. The first-order valence-electron chi connectivity index (χ1n) is 6.24. The highest BCUT2D eigenvalue weighted by atomic mass is 16.5. The Morgan fingerprint density at radius 2 is 1.89 bits per heavy atom. The molecular weight excluding hydrogens is 244 g/mol. The minimum absolute atomic E-state index is 0.00198. The van der Waals surface area contributed by atoms with Crippen LogP contribution >= 0.6 is 0 Å². The first-order chi connectivity index (χ1) is 9.06. The monoisotopic (exact) mass is 264 g/mol. The molecule has 0 aliphatic heterocycles. The number of hydrogen-bond donors (Lipinski definition) is 2. The third-order valence-electron chi connectivity index (χ3n) is 2.75. The van der Waals surface area contributed by atoms with Gasteiger partial charge < -0.3 is 15.4 Å². The van der Waals surface area contributed by atoms with Crippen LogP contribution in [0.4, 0.5) is 10.5 Å². The Bertz CT molecular complexity index is 429. The van der Waals surface area contributed by atoms with Crippen LogP contribution in [0.5, 0.6) is 0 Å². The quantitative estimate of drug-likeness (QED) is 0.775. The maximum Gasteiger partial charge on any atom is 0.319 e. The van der Waals surface area contributed by atoms with Crippen molar-refractivity contribution in [3.05, 3.63) is 29.8 Å². The summed E-state index contributed by atoms with van der Waals surface area (Å²) in [6, 6.07) is 6.48. The van der Waals surface area contributed by atoms with Crippen molar-refractivity contribution in [2.75, 3.05) is 19.0 Å². The number of anilines is 1. The Morgan fingerprint density at radius 1 is 1.26 bits per heavy atom. The average molecular weight is 264 g/mol. The summed E-state index contributed by atoms with van der Waals surface area (Å²) in [5.74, 6) is 0.00198. The summed E-state index contributed by atoms with van der Waals surface area (Å²) in [5, 5.41) is 5.53. The number of carbonyl (C=O) groups excluding carboxylic acids is 2. The van der Waals surface area contributed by atoms with Gasteiger partial charge in [0.15, 0.2) is 5.78 Å². The average Bonchev–Trinajstić information content (AvgIpc) is 2.38. The molecule has 1 rings (SSSR count). The van der Waals surface area contributed by atoms with E-state index in [1.807, 2.05) is 6.92 Å². The van der Waals surface area contributed by atoms with E-state index in [1.165, 1.54) is 6.92 Å². The van der Waals surface area contributed by atoms with Crippen molar-refractivity contribution in [3.63, 3.8) is 0 Å². The predicted molar refractivity (Wildman–Crippen MR) is 74.6 cm³/mol. The zero-order valence-corrected chi connectivity index (χ0v) is 11.5.